The summed E-state index contributed by atoms with van der Waals surface area (Å²) in [5.41, 5.74) is 0. The minimum atomic E-state index is 0.828. The molecule has 1 aliphatic rings. The van der Waals surface area contributed by atoms with Crippen LogP contribution >= 0.6 is 0 Å². The van der Waals surface area contributed by atoms with E-state index in [2.05, 4.69) is 27.7 Å². The molecule has 0 aromatic carbocycles. The van der Waals surface area contributed by atoms with Crippen LogP contribution in [0.2, 0.25) is 0 Å². The van der Waals surface area contributed by atoms with Crippen LogP contribution in [0.3, 0.4) is 0 Å². The van der Waals surface area contributed by atoms with Crippen LogP contribution in [0.25, 0.3) is 0 Å². The predicted octanol–water partition coefficient (Wildman–Crippen LogP) is 2.02. The molecule has 0 saturated carbocycles. The zero-order valence-corrected chi connectivity index (χ0v) is 7.72. The lowest BCUT2D eigenvalue weighted by atomic mass is 9.96. The van der Waals surface area contributed by atoms with Gasteiger partial charge in [0, 0.05) is 6.42 Å². The first kappa shape index (κ1) is 8.06. The smallest absolute Gasteiger partial charge is 0.0918 e. The summed E-state index contributed by atoms with van der Waals surface area (Å²) in [7, 11) is 0. The van der Waals surface area contributed by atoms with Crippen molar-refractivity contribution in [3.63, 3.8) is 0 Å². The van der Waals surface area contributed by atoms with Crippen molar-refractivity contribution in [3.05, 3.63) is 0 Å². The molecule has 2 atom stereocenters. The number of rotatable bonds is 2. The van der Waals surface area contributed by atoms with E-state index in [4.69, 9.17) is 0 Å². The van der Waals surface area contributed by atoms with Gasteiger partial charge in [-0.15, -0.1) is 0 Å². The van der Waals surface area contributed by atoms with Gasteiger partial charge in [-0.05, 0) is 27.7 Å². The fourth-order valence-corrected chi connectivity index (χ4v) is 2.32. The zero-order valence-electron chi connectivity index (χ0n) is 7.72. The lowest BCUT2D eigenvalue weighted by Gasteiger charge is -2.54. The molecule has 1 heterocycles. The minimum absolute atomic E-state index is 0.828. The van der Waals surface area contributed by atoms with E-state index in [1.807, 2.05) is 0 Å². The number of hydrogen-bond donors (Lipinski definition) is 0. The molecular weight excluding hydrogens is 122 g/mol. The molecule has 0 amide bonds. The van der Waals surface area contributed by atoms with Crippen molar-refractivity contribution in [2.75, 3.05) is 13.1 Å². The number of quaternary nitrogens is 1. The normalized spacial score (nSPS) is 39.9. The highest BCUT2D eigenvalue weighted by Gasteiger charge is 2.43. The largest absolute Gasteiger partial charge is 0.319 e. The Morgan fingerprint density at radius 3 is 2.10 bits per heavy atom. The van der Waals surface area contributed by atoms with Crippen molar-refractivity contribution in [1.29, 1.82) is 0 Å². The summed E-state index contributed by atoms with van der Waals surface area (Å²) < 4.78 is 1.36. The Hall–Kier alpha value is -0.0400. The van der Waals surface area contributed by atoms with Gasteiger partial charge in [0.15, 0.2) is 0 Å². The molecule has 0 spiro atoms. The molecule has 1 fully saturated rings. The molecule has 1 aliphatic heterocycles. The van der Waals surface area contributed by atoms with Crippen molar-refractivity contribution in [2.24, 2.45) is 0 Å². The highest BCUT2D eigenvalue weighted by Crippen LogP contribution is 2.30. The van der Waals surface area contributed by atoms with E-state index in [9.17, 15) is 0 Å². The van der Waals surface area contributed by atoms with Crippen molar-refractivity contribution in [3.8, 4) is 0 Å². The molecule has 1 rings (SSSR count). The van der Waals surface area contributed by atoms with Crippen LogP contribution in [-0.2, 0) is 0 Å². The standard InChI is InChI=1S/C9H20N/c1-5-10(8(2)3)7-6-9(10)4/h8-9H,5-7H2,1-4H3/q+1. The first-order chi connectivity index (χ1) is 4.63. The second-order valence-electron chi connectivity index (χ2n) is 3.87. The molecule has 2 unspecified atom stereocenters. The van der Waals surface area contributed by atoms with E-state index < -0.39 is 0 Å². The molecule has 0 aliphatic carbocycles. The first-order valence-corrected chi connectivity index (χ1v) is 4.50. The Balaban J connectivity index is 2.60. The molecule has 0 aromatic heterocycles. The van der Waals surface area contributed by atoms with Crippen LogP contribution in [0.5, 0.6) is 0 Å². The van der Waals surface area contributed by atoms with Gasteiger partial charge in [0.25, 0.3) is 0 Å². The maximum atomic E-state index is 2.38. The average Bonchev–Trinajstić information content (AvgIpc) is 1.86. The monoisotopic (exact) mass is 142 g/mol. The lowest BCUT2D eigenvalue weighted by Crippen LogP contribution is -2.67. The molecule has 10 heavy (non-hydrogen) atoms. The summed E-state index contributed by atoms with van der Waals surface area (Å²) in [6, 6.07) is 1.75. The average molecular weight is 142 g/mol. The van der Waals surface area contributed by atoms with E-state index in [1.54, 1.807) is 0 Å². The third-order valence-electron chi connectivity index (χ3n) is 3.46. The highest BCUT2D eigenvalue weighted by molar-refractivity contribution is 4.67. The Morgan fingerprint density at radius 2 is 2.10 bits per heavy atom. The Labute approximate surface area is 64.6 Å². The van der Waals surface area contributed by atoms with Gasteiger partial charge in [-0.3, -0.25) is 0 Å². The fraction of sp³-hybridized carbons (Fsp3) is 1.00. The number of nitrogens with zero attached hydrogens (tertiary/aromatic N) is 1. The van der Waals surface area contributed by atoms with E-state index in [-0.39, 0.29) is 0 Å². The van der Waals surface area contributed by atoms with E-state index in [1.165, 1.54) is 24.0 Å². The molecule has 1 heteroatoms. The van der Waals surface area contributed by atoms with Gasteiger partial charge in [0.05, 0.1) is 25.2 Å². The maximum Gasteiger partial charge on any atom is 0.0918 e. The van der Waals surface area contributed by atoms with Gasteiger partial charge in [0.1, 0.15) is 0 Å². The van der Waals surface area contributed by atoms with E-state index >= 15 is 0 Å². The molecule has 0 N–H and O–H groups in total. The molecular formula is C9H20N+. The lowest BCUT2D eigenvalue weighted by molar-refractivity contribution is -1.00. The summed E-state index contributed by atoms with van der Waals surface area (Å²) >= 11 is 0. The van der Waals surface area contributed by atoms with Crippen molar-refractivity contribution in [1.82, 2.24) is 0 Å². The third-order valence-corrected chi connectivity index (χ3v) is 3.46. The van der Waals surface area contributed by atoms with Crippen LogP contribution in [-0.4, -0.2) is 29.7 Å². The second-order valence-corrected chi connectivity index (χ2v) is 3.87. The van der Waals surface area contributed by atoms with E-state index in [0.717, 1.165) is 12.1 Å². The SMILES string of the molecule is CC[N+]1(C(C)C)CCC1C. The topological polar surface area (TPSA) is 0 Å². The molecule has 1 nitrogen and oxygen atoms in total. The summed E-state index contributed by atoms with van der Waals surface area (Å²) in [4.78, 5) is 0. The highest BCUT2D eigenvalue weighted by atomic mass is 15.4. The number of hydrogen-bond acceptors (Lipinski definition) is 0. The van der Waals surface area contributed by atoms with Crippen molar-refractivity contribution >= 4 is 0 Å². The minimum Gasteiger partial charge on any atom is -0.319 e. The zero-order chi connectivity index (χ0) is 7.78. The van der Waals surface area contributed by atoms with Gasteiger partial charge < -0.3 is 4.48 Å². The molecule has 60 valence electrons. The first-order valence-electron chi connectivity index (χ1n) is 4.50. The van der Waals surface area contributed by atoms with Gasteiger partial charge in [0.2, 0.25) is 0 Å². The van der Waals surface area contributed by atoms with Crippen LogP contribution in [0.4, 0.5) is 0 Å². The van der Waals surface area contributed by atoms with Gasteiger partial charge in [-0.25, -0.2) is 0 Å². The van der Waals surface area contributed by atoms with Gasteiger partial charge >= 0.3 is 0 Å². The van der Waals surface area contributed by atoms with Crippen LogP contribution in [0.15, 0.2) is 0 Å². The van der Waals surface area contributed by atoms with Crippen LogP contribution in [0.1, 0.15) is 34.1 Å². The van der Waals surface area contributed by atoms with Crippen LogP contribution in [0, 0.1) is 0 Å². The Bertz CT molecular complexity index is 109. The predicted molar refractivity (Wildman–Crippen MR) is 44.9 cm³/mol. The second kappa shape index (κ2) is 2.54. The van der Waals surface area contributed by atoms with E-state index in [0.29, 0.717) is 0 Å². The maximum absolute atomic E-state index is 2.38. The quantitative estimate of drug-likeness (QED) is 0.517. The molecule has 0 bridgehead atoms. The molecule has 0 aromatic rings. The Kier molecular flexibility index (Phi) is 2.04. The fourth-order valence-electron chi connectivity index (χ4n) is 2.32. The Morgan fingerprint density at radius 1 is 1.50 bits per heavy atom. The van der Waals surface area contributed by atoms with Crippen molar-refractivity contribution in [2.45, 2.75) is 46.2 Å². The summed E-state index contributed by atoms with van der Waals surface area (Å²) in [6.07, 6.45) is 1.44. The van der Waals surface area contributed by atoms with Crippen molar-refractivity contribution < 1.29 is 4.48 Å². The summed E-state index contributed by atoms with van der Waals surface area (Å²) in [5.74, 6) is 0. The van der Waals surface area contributed by atoms with Gasteiger partial charge in [-0.2, -0.15) is 0 Å². The van der Waals surface area contributed by atoms with Crippen LogP contribution < -0.4 is 0 Å². The summed E-state index contributed by atoms with van der Waals surface area (Å²) in [6.45, 7) is 12.1. The molecule has 0 radical (unpaired) electrons. The third kappa shape index (κ3) is 0.878. The number of likely N-dealkylation sites (tertiary alicyclic amines) is 1. The summed E-state index contributed by atoms with van der Waals surface area (Å²) in [5, 5.41) is 0. The molecule has 1 saturated heterocycles. The van der Waals surface area contributed by atoms with Gasteiger partial charge in [-0.1, -0.05) is 0 Å².